The Morgan fingerprint density at radius 2 is 1.97 bits per heavy atom. The van der Waals surface area contributed by atoms with Gasteiger partial charge in [-0.25, -0.2) is 14.2 Å². The Bertz CT molecular complexity index is 1330. The second-order valence-corrected chi connectivity index (χ2v) is 8.74. The zero-order valence-electron chi connectivity index (χ0n) is 16.6. The summed E-state index contributed by atoms with van der Waals surface area (Å²) in [4.78, 5) is 30.5. The van der Waals surface area contributed by atoms with Crippen LogP contribution in [0.5, 0.6) is 0 Å². The molecule has 2 amide bonds. The number of aromatic nitrogens is 5. The first kappa shape index (κ1) is 22.4. The minimum absolute atomic E-state index is 0.171. The van der Waals surface area contributed by atoms with E-state index in [2.05, 4.69) is 57.7 Å². The quantitative estimate of drug-likeness (QED) is 0.349. The number of pyridine rings is 2. The van der Waals surface area contributed by atoms with Crippen molar-refractivity contribution in [2.45, 2.75) is 13.3 Å². The minimum Gasteiger partial charge on any atom is -0.351 e. The van der Waals surface area contributed by atoms with Gasteiger partial charge in [0.15, 0.2) is 11.5 Å². The molecule has 9 nitrogen and oxygen atoms in total. The molecule has 0 bridgehead atoms. The minimum atomic E-state index is -0.512. The summed E-state index contributed by atoms with van der Waals surface area (Å²) in [6, 6.07) is 8.41. The smallest absolute Gasteiger partial charge is 0.274 e. The van der Waals surface area contributed by atoms with E-state index in [1.165, 1.54) is 15.3 Å². The van der Waals surface area contributed by atoms with Gasteiger partial charge in [-0.3, -0.25) is 9.59 Å². The highest BCUT2D eigenvalue weighted by molar-refractivity contribution is 9.10. The molecular weight excluding hydrogens is 566 g/mol. The van der Waals surface area contributed by atoms with Crippen molar-refractivity contribution in [1.29, 1.82) is 0 Å². The van der Waals surface area contributed by atoms with Crippen LogP contribution < -0.4 is 10.6 Å². The van der Waals surface area contributed by atoms with Gasteiger partial charge >= 0.3 is 0 Å². The lowest BCUT2D eigenvalue weighted by Crippen LogP contribution is -2.29. The summed E-state index contributed by atoms with van der Waals surface area (Å²) in [7, 11) is 0. The third-order valence-electron chi connectivity index (χ3n) is 4.48. The van der Waals surface area contributed by atoms with Crippen LogP contribution in [0.3, 0.4) is 0 Å². The lowest BCUT2D eigenvalue weighted by atomic mass is 10.2. The predicted octanol–water partition coefficient (Wildman–Crippen LogP) is 4.49. The molecule has 32 heavy (non-hydrogen) atoms. The van der Waals surface area contributed by atoms with E-state index >= 15 is 0 Å². The first-order chi connectivity index (χ1) is 15.4. The van der Waals surface area contributed by atoms with Crippen LogP contribution in [0, 0.1) is 0 Å². The first-order valence-electron chi connectivity index (χ1n) is 9.53. The molecule has 0 saturated heterocycles. The third kappa shape index (κ3) is 4.27. The van der Waals surface area contributed by atoms with Gasteiger partial charge in [-0.15, -0.1) is 0 Å². The molecule has 0 aromatic carbocycles. The van der Waals surface area contributed by atoms with E-state index in [0.717, 1.165) is 6.42 Å². The fraction of sp³-hybridized carbons (Fsp3) is 0.150. The van der Waals surface area contributed by atoms with Gasteiger partial charge in [0.05, 0.1) is 22.4 Å². The van der Waals surface area contributed by atoms with Crippen molar-refractivity contribution < 1.29 is 9.59 Å². The van der Waals surface area contributed by atoms with Crippen molar-refractivity contribution in [1.82, 2.24) is 29.7 Å². The summed E-state index contributed by atoms with van der Waals surface area (Å²) in [5.41, 5.74) is 1.34. The van der Waals surface area contributed by atoms with E-state index in [-0.39, 0.29) is 23.0 Å². The second-order valence-electron chi connectivity index (χ2n) is 6.67. The van der Waals surface area contributed by atoms with E-state index in [9.17, 15) is 9.59 Å². The summed E-state index contributed by atoms with van der Waals surface area (Å²) in [6.45, 7) is 2.44. The molecule has 164 valence electrons. The summed E-state index contributed by atoms with van der Waals surface area (Å²) in [6.07, 6.45) is 3.90. The van der Waals surface area contributed by atoms with Crippen molar-refractivity contribution in [3.63, 3.8) is 0 Å². The Kier molecular flexibility index (Phi) is 6.58. The van der Waals surface area contributed by atoms with Crippen molar-refractivity contribution in [2.24, 2.45) is 0 Å². The first-order valence-corrected chi connectivity index (χ1v) is 11.5. The normalized spacial score (nSPS) is 11.0. The number of halogens is 3. The zero-order chi connectivity index (χ0) is 22.8. The summed E-state index contributed by atoms with van der Waals surface area (Å²) in [5, 5.41) is 14.5. The topological polar surface area (TPSA) is 106 Å². The number of rotatable bonds is 6. The molecule has 4 aromatic heterocycles. The van der Waals surface area contributed by atoms with Crippen molar-refractivity contribution in [3.8, 4) is 5.82 Å². The molecule has 4 heterocycles. The van der Waals surface area contributed by atoms with E-state index in [1.54, 1.807) is 36.7 Å². The lowest BCUT2D eigenvalue weighted by Gasteiger charge is -2.15. The summed E-state index contributed by atoms with van der Waals surface area (Å²) >= 11 is 13.0. The van der Waals surface area contributed by atoms with Crippen molar-refractivity contribution in [3.05, 3.63) is 68.2 Å². The number of carbonyl (C=O) groups excluding carboxylic acids is 2. The van der Waals surface area contributed by atoms with Crippen molar-refractivity contribution >= 4 is 66.5 Å². The SMILES string of the molecule is CCCNC(=O)c1c(NC(=O)c2cc(Br)nn2-c2ncccc2Cl)c(Br)cc2ccnn12. The molecule has 0 fully saturated rings. The standard InChI is InChI=1S/C20H16Br2ClN7O2/c1-2-6-25-20(32)17-16(12(21)9-11-5-8-26-29(11)17)27-19(31)14-10-15(22)28-30(14)18-13(23)4-3-7-24-18/h3-5,7-10H,2,6H2,1H3,(H,25,32)(H,27,31). The second kappa shape index (κ2) is 9.39. The maximum Gasteiger partial charge on any atom is 0.274 e. The molecule has 4 rings (SSSR count). The number of fused-ring (bicyclic) bond motifs is 1. The van der Waals surface area contributed by atoms with Crippen LogP contribution in [0.25, 0.3) is 11.3 Å². The summed E-state index contributed by atoms with van der Waals surface area (Å²) < 4.78 is 3.76. The van der Waals surface area contributed by atoms with Gasteiger partial charge in [-0.1, -0.05) is 18.5 Å². The number of hydrogen-bond acceptors (Lipinski definition) is 5. The predicted molar refractivity (Wildman–Crippen MR) is 128 cm³/mol. The Morgan fingerprint density at radius 1 is 1.16 bits per heavy atom. The fourth-order valence-electron chi connectivity index (χ4n) is 3.07. The van der Waals surface area contributed by atoms with Crippen LogP contribution in [-0.4, -0.2) is 42.7 Å². The number of nitrogens with one attached hydrogen (secondary N) is 2. The molecule has 0 aliphatic rings. The maximum absolute atomic E-state index is 13.3. The van der Waals surface area contributed by atoms with Gasteiger partial charge in [-0.2, -0.15) is 10.2 Å². The average Bonchev–Trinajstić information content (AvgIpc) is 3.38. The molecule has 2 N–H and O–H groups in total. The molecular formula is C20H16Br2ClN7O2. The van der Waals surface area contributed by atoms with E-state index < -0.39 is 5.91 Å². The summed E-state index contributed by atoms with van der Waals surface area (Å²) in [5.74, 6) is -0.575. The van der Waals surface area contributed by atoms with Crippen LogP contribution in [0.1, 0.15) is 34.3 Å². The van der Waals surface area contributed by atoms with Crippen LogP contribution in [0.4, 0.5) is 5.69 Å². The van der Waals surface area contributed by atoms with Gasteiger partial charge in [0.25, 0.3) is 11.8 Å². The Morgan fingerprint density at radius 3 is 2.72 bits per heavy atom. The molecule has 4 aromatic rings. The molecule has 0 spiro atoms. The van der Waals surface area contributed by atoms with Crippen LogP contribution in [-0.2, 0) is 0 Å². The van der Waals surface area contributed by atoms with E-state index in [4.69, 9.17) is 11.6 Å². The van der Waals surface area contributed by atoms with E-state index in [0.29, 0.717) is 32.0 Å². The molecule has 0 aliphatic carbocycles. The number of amides is 2. The number of carbonyl (C=O) groups is 2. The maximum atomic E-state index is 13.3. The van der Waals surface area contributed by atoms with Gasteiger partial charge in [0.2, 0.25) is 0 Å². The van der Waals surface area contributed by atoms with Crippen LogP contribution >= 0.6 is 43.5 Å². The highest BCUT2D eigenvalue weighted by atomic mass is 79.9. The number of hydrogen-bond donors (Lipinski definition) is 2. The van der Waals surface area contributed by atoms with Gasteiger partial charge in [0, 0.05) is 23.3 Å². The molecule has 0 aliphatic heterocycles. The monoisotopic (exact) mass is 579 g/mol. The van der Waals surface area contributed by atoms with Gasteiger partial charge in [0.1, 0.15) is 10.3 Å². The molecule has 0 saturated carbocycles. The van der Waals surface area contributed by atoms with Crippen molar-refractivity contribution in [2.75, 3.05) is 11.9 Å². The Labute approximate surface area is 204 Å². The lowest BCUT2D eigenvalue weighted by molar-refractivity contribution is 0.0947. The zero-order valence-corrected chi connectivity index (χ0v) is 20.6. The molecule has 12 heteroatoms. The Balaban J connectivity index is 1.78. The number of anilines is 1. The van der Waals surface area contributed by atoms with Crippen LogP contribution in [0.2, 0.25) is 5.02 Å². The molecule has 0 atom stereocenters. The van der Waals surface area contributed by atoms with Gasteiger partial charge < -0.3 is 10.6 Å². The highest BCUT2D eigenvalue weighted by Crippen LogP contribution is 2.30. The number of nitrogens with zero attached hydrogens (tertiary/aromatic N) is 5. The largest absolute Gasteiger partial charge is 0.351 e. The van der Waals surface area contributed by atoms with Gasteiger partial charge in [-0.05, 0) is 62.5 Å². The van der Waals surface area contributed by atoms with E-state index in [1.807, 2.05) is 6.92 Å². The molecule has 0 unspecified atom stereocenters. The molecule has 0 radical (unpaired) electrons. The van der Waals surface area contributed by atoms with Crippen LogP contribution in [0.15, 0.2) is 51.8 Å². The third-order valence-corrected chi connectivity index (χ3v) is 5.78. The fourth-order valence-corrected chi connectivity index (χ4v) is 4.17. The average molecular weight is 582 g/mol. The highest BCUT2D eigenvalue weighted by Gasteiger charge is 2.24. The Hall–Kier alpha value is -2.76.